The lowest BCUT2D eigenvalue weighted by Gasteiger charge is -2.20. The number of nitrogens with one attached hydrogen (secondary N) is 1. The van der Waals surface area contributed by atoms with Crippen LogP contribution < -0.4 is 10.1 Å². The third kappa shape index (κ3) is 4.59. The first-order valence-corrected chi connectivity index (χ1v) is 7.97. The summed E-state index contributed by atoms with van der Waals surface area (Å²) in [5.41, 5.74) is 4.70. The number of amides is 1. The molecule has 0 saturated carbocycles. The summed E-state index contributed by atoms with van der Waals surface area (Å²) in [5, 5.41) is 3.02. The van der Waals surface area contributed by atoms with E-state index in [9.17, 15) is 4.79 Å². The molecule has 0 aliphatic rings. The third-order valence-corrected chi connectivity index (χ3v) is 3.95. The van der Waals surface area contributed by atoms with Gasteiger partial charge in [0.15, 0.2) is 6.10 Å². The van der Waals surface area contributed by atoms with Crippen molar-refractivity contribution in [3.63, 3.8) is 0 Å². The van der Waals surface area contributed by atoms with Gasteiger partial charge in [0.1, 0.15) is 5.75 Å². The Bertz CT molecular complexity index is 677. The Morgan fingerprint density at radius 1 is 0.957 bits per heavy atom. The number of carbonyl (C=O) groups excluding carboxylic acids is 1. The van der Waals surface area contributed by atoms with Crippen LogP contribution in [-0.2, 0) is 4.79 Å². The minimum absolute atomic E-state index is 0.0489. The number of hydrogen-bond donors (Lipinski definition) is 1. The average molecular weight is 311 g/mol. The van der Waals surface area contributed by atoms with Gasteiger partial charge in [0, 0.05) is 0 Å². The first-order valence-electron chi connectivity index (χ1n) is 7.97. The molecule has 3 heteroatoms. The summed E-state index contributed by atoms with van der Waals surface area (Å²) < 4.78 is 5.71. The highest BCUT2D eigenvalue weighted by Gasteiger charge is 2.18. The van der Waals surface area contributed by atoms with Crippen LogP contribution in [0.2, 0.25) is 0 Å². The summed E-state index contributed by atoms with van der Waals surface area (Å²) in [6, 6.07) is 13.9. The summed E-state index contributed by atoms with van der Waals surface area (Å²) in [6.45, 7) is 9.91. The Morgan fingerprint density at radius 3 is 2.17 bits per heavy atom. The molecule has 122 valence electrons. The van der Waals surface area contributed by atoms with Crippen molar-refractivity contribution in [2.45, 2.75) is 46.8 Å². The van der Waals surface area contributed by atoms with Gasteiger partial charge in [-0.05, 0) is 57.9 Å². The van der Waals surface area contributed by atoms with Gasteiger partial charge >= 0.3 is 0 Å². The highest BCUT2D eigenvalue weighted by Crippen LogP contribution is 2.19. The SMILES string of the molecule is Cc1ccc(OC(C)C(=O)NC(C)c2ccc(C)cc2C)cc1. The molecule has 2 aromatic carbocycles. The molecule has 0 fully saturated rings. The van der Waals surface area contributed by atoms with Gasteiger partial charge < -0.3 is 10.1 Å². The normalized spacial score (nSPS) is 13.3. The van der Waals surface area contributed by atoms with Crippen molar-refractivity contribution >= 4 is 5.91 Å². The molecule has 2 atom stereocenters. The van der Waals surface area contributed by atoms with Gasteiger partial charge in [0.2, 0.25) is 0 Å². The minimum atomic E-state index is -0.536. The summed E-state index contributed by atoms with van der Waals surface area (Å²) in [4.78, 5) is 12.3. The molecule has 3 nitrogen and oxygen atoms in total. The number of rotatable bonds is 5. The van der Waals surface area contributed by atoms with E-state index in [0.29, 0.717) is 5.75 Å². The van der Waals surface area contributed by atoms with Crippen molar-refractivity contribution in [3.05, 3.63) is 64.7 Å². The molecule has 0 heterocycles. The summed E-state index contributed by atoms with van der Waals surface area (Å²) in [5.74, 6) is 0.593. The standard InChI is InChI=1S/C20H25NO2/c1-13-6-9-18(10-7-13)23-17(5)20(22)21-16(4)19-11-8-14(2)12-15(19)3/h6-12,16-17H,1-5H3,(H,21,22). The quantitative estimate of drug-likeness (QED) is 0.896. The maximum Gasteiger partial charge on any atom is 0.261 e. The van der Waals surface area contributed by atoms with Crippen molar-refractivity contribution in [3.8, 4) is 5.75 Å². The predicted molar refractivity (Wildman–Crippen MR) is 93.7 cm³/mol. The lowest BCUT2D eigenvalue weighted by Crippen LogP contribution is -2.37. The maximum absolute atomic E-state index is 12.3. The summed E-state index contributed by atoms with van der Waals surface area (Å²) in [7, 11) is 0. The Hall–Kier alpha value is -2.29. The summed E-state index contributed by atoms with van der Waals surface area (Å²) >= 11 is 0. The molecule has 2 aromatic rings. The first kappa shape index (κ1) is 17.1. The Labute approximate surface area is 138 Å². The van der Waals surface area contributed by atoms with E-state index in [2.05, 4.69) is 37.4 Å². The second-order valence-corrected chi connectivity index (χ2v) is 6.16. The van der Waals surface area contributed by atoms with E-state index in [1.54, 1.807) is 6.92 Å². The molecule has 0 aliphatic heterocycles. The molecular formula is C20H25NO2. The molecule has 2 unspecified atom stereocenters. The smallest absolute Gasteiger partial charge is 0.261 e. The number of aryl methyl sites for hydroxylation is 3. The van der Waals surface area contributed by atoms with E-state index in [0.717, 1.165) is 11.1 Å². The van der Waals surface area contributed by atoms with Gasteiger partial charge in [-0.1, -0.05) is 41.5 Å². The van der Waals surface area contributed by atoms with E-state index in [1.807, 2.05) is 38.1 Å². The molecule has 1 N–H and O–H groups in total. The van der Waals surface area contributed by atoms with Crippen molar-refractivity contribution in [2.24, 2.45) is 0 Å². The van der Waals surface area contributed by atoms with Crippen LogP contribution in [0.25, 0.3) is 0 Å². The van der Waals surface area contributed by atoms with Crippen molar-refractivity contribution in [1.82, 2.24) is 5.32 Å². The van der Waals surface area contributed by atoms with Crippen LogP contribution in [0.15, 0.2) is 42.5 Å². The Balaban J connectivity index is 1.98. The number of benzene rings is 2. The predicted octanol–water partition coefficient (Wildman–Crippen LogP) is 4.26. The van der Waals surface area contributed by atoms with E-state index in [1.165, 1.54) is 11.1 Å². The fourth-order valence-electron chi connectivity index (χ4n) is 2.59. The molecule has 23 heavy (non-hydrogen) atoms. The second-order valence-electron chi connectivity index (χ2n) is 6.16. The number of hydrogen-bond acceptors (Lipinski definition) is 2. The van der Waals surface area contributed by atoms with Crippen LogP contribution in [-0.4, -0.2) is 12.0 Å². The molecule has 0 radical (unpaired) electrons. The monoisotopic (exact) mass is 311 g/mol. The van der Waals surface area contributed by atoms with E-state index >= 15 is 0 Å². The Morgan fingerprint density at radius 2 is 1.57 bits per heavy atom. The highest BCUT2D eigenvalue weighted by molar-refractivity contribution is 5.81. The average Bonchev–Trinajstić information content (AvgIpc) is 2.49. The van der Waals surface area contributed by atoms with Gasteiger partial charge in [-0.3, -0.25) is 4.79 Å². The van der Waals surface area contributed by atoms with E-state index in [4.69, 9.17) is 4.74 Å². The lowest BCUT2D eigenvalue weighted by atomic mass is 10.0. The molecule has 0 aliphatic carbocycles. The van der Waals surface area contributed by atoms with E-state index < -0.39 is 6.10 Å². The maximum atomic E-state index is 12.3. The largest absolute Gasteiger partial charge is 0.481 e. The molecule has 0 aromatic heterocycles. The van der Waals surface area contributed by atoms with Gasteiger partial charge in [0.25, 0.3) is 5.91 Å². The topological polar surface area (TPSA) is 38.3 Å². The van der Waals surface area contributed by atoms with Crippen LogP contribution in [0.3, 0.4) is 0 Å². The van der Waals surface area contributed by atoms with Gasteiger partial charge in [-0.15, -0.1) is 0 Å². The van der Waals surface area contributed by atoms with Crippen molar-refractivity contribution in [2.75, 3.05) is 0 Å². The van der Waals surface area contributed by atoms with Crippen molar-refractivity contribution < 1.29 is 9.53 Å². The molecular weight excluding hydrogens is 286 g/mol. The van der Waals surface area contributed by atoms with Gasteiger partial charge in [0.05, 0.1) is 6.04 Å². The first-order chi connectivity index (χ1) is 10.9. The van der Waals surface area contributed by atoms with Crippen LogP contribution >= 0.6 is 0 Å². The van der Waals surface area contributed by atoms with Crippen LogP contribution in [0.5, 0.6) is 5.75 Å². The third-order valence-electron chi connectivity index (χ3n) is 3.95. The molecule has 2 rings (SSSR count). The zero-order valence-corrected chi connectivity index (χ0v) is 14.5. The summed E-state index contributed by atoms with van der Waals surface area (Å²) in [6.07, 6.45) is -0.536. The molecule has 1 amide bonds. The van der Waals surface area contributed by atoms with Crippen LogP contribution in [0, 0.1) is 20.8 Å². The van der Waals surface area contributed by atoms with Gasteiger partial charge in [-0.25, -0.2) is 0 Å². The van der Waals surface area contributed by atoms with E-state index in [-0.39, 0.29) is 11.9 Å². The molecule has 0 saturated heterocycles. The highest BCUT2D eigenvalue weighted by atomic mass is 16.5. The second kappa shape index (κ2) is 7.32. The molecule has 0 spiro atoms. The van der Waals surface area contributed by atoms with Crippen molar-refractivity contribution in [1.29, 1.82) is 0 Å². The van der Waals surface area contributed by atoms with Crippen LogP contribution in [0.4, 0.5) is 0 Å². The minimum Gasteiger partial charge on any atom is -0.481 e. The number of ether oxygens (including phenoxy) is 1. The fourth-order valence-corrected chi connectivity index (χ4v) is 2.59. The van der Waals surface area contributed by atoms with Gasteiger partial charge in [-0.2, -0.15) is 0 Å². The fraction of sp³-hybridized carbons (Fsp3) is 0.350. The Kier molecular flexibility index (Phi) is 5.43. The molecule has 0 bridgehead atoms. The lowest BCUT2D eigenvalue weighted by molar-refractivity contribution is -0.127. The zero-order valence-electron chi connectivity index (χ0n) is 14.5. The van der Waals surface area contributed by atoms with Crippen LogP contribution in [0.1, 0.15) is 42.1 Å². The number of carbonyl (C=O) groups is 1. The zero-order chi connectivity index (χ0) is 17.0.